The molecule has 2 aromatic heterocycles. The zero-order valence-electron chi connectivity index (χ0n) is 16.9. The number of anilines is 3. The first kappa shape index (κ1) is 20.0. The highest BCUT2D eigenvalue weighted by Gasteiger charge is 2.40. The zero-order valence-corrected chi connectivity index (χ0v) is 16.9. The van der Waals surface area contributed by atoms with Gasteiger partial charge in [-0.3, -0.25) is 4.90 Å². The quantitative estimate of drug-likeness (QED) is 0.634. The number of hydrogen-bond donors (Lipinski definition) is 3. The van der Waals surface area contributed by atoms with Crippen molar-refractivity contribution in [2.75, 3.05) is 17.2 Å². The Labute approximate surface area is 175 Å². The summed E-state index contributed by atoms with van der Waals surface area (Å²) in [5.74, 6) is -0.115. The Morgan fingerprint density at radius 2 is 1.93 bits per heavy atom. The van der Waals surface area contributed by atoms with E-state index in [0.717, 1.165) is 25.8 Å². The Hall–Kier alpha value is -3.25. The van der Waals surface area contributed by atoms with Gasteiger partial charge in [-0.25, -0.2) is 19.7 Å². The highest BCUT2D eigenvalue weighted by molar-refractivity contribution is 5.94. The molecule has 0 saturated carbocycles. The second kappa shape index (κ2) is 8.63. The number of pyridine rings is 1. The van der Waals surface area contributed by atoms with Gasteiger partial charge in [0, 0.05) is 30.4 Å². The van der Waals surface area contributed by atoms with Crippen LogP contribution in [0.1, 0.15) is 55.1 Å². The Balaban J connectivity index is 1.51. The summed E-state index contributed by atoms with van der Waals surface area (Å²) in [7, 11) is 0. The fourth-order valence-corrected chi connectivity index (χ4v) is 4.63. The van der Waals surface area contributed by atoms with Gasteiger partial charge in [-0.1, -0.05) is 6.92 Å². The van der Waals surface area contributed by atoms with Crippen LogP contribution in [0.4, 0.5) is 17.3 Å². The van der Waals surface area contributed by atoms with Crippen LogP contribution in [0.5, 0.6) is 0 Å². The molecule has 2 aromatic rings. The van der Waals surface area contributed by atoms with Gasteiger partial charge < -0.3 is 15.7 Å². The molecule has 4 heterocycles. The van der Waals surface area contributed by atoms with Crippen LogP contribution in [0.15, 0.2) is 24.7 Å². The van der Waals surface area contributed by atoms with Crippen molar-refractivity contribution in [1.29, 1.82) is 5.26 Å². The van der Waals surface area contributed by atoms with E-state index >= 15 is 0 Å². The van der Waals surface area contributed by atoms with Gasteiger partial charge in [0.25, 0.3) is 0 Å². The number of nitrogens with zero attached hydrogens (tertiary/aromatic N) is 5. The van der Waals surface area contributed by atoms with Crippen molar-refractivity contribution in [3.63, 3.8) is 0 Å². The van der Waals surface area contributed by atoms with E-state index in [1.54, 1.807) is 6.07 Å². The smallest absolute Gasteiger partial charge is 0.339 e. The number of nitrogens with one attached hydrogen (secondary N) is 2. The van der Waals surface area contributed by atoms with Crippen molar-refractivity contribution in [2.45, 2.75) is 57.2 Å². The molecule has 0 aromatic carbocycles. The average molecular weight is 407 g/mol. The summed E-state index contributed by atoms with van der Waals surface area (Å²) in [5.41, 5.74) is 0.922. The molecule has 2 unspecified atom stereocenters. The number of piperidine rings is 1. The van der Waals surface area contributed by atoms with E-state index in [0.29, 0.717) is 29.4 Å². The highest BCUT2D eigenvalue weighted by Crippen LogP contribution is 2.37. The van der Waals surface area contributed by atoms with Gasteiger partial charge >= 0.3 is 5.97 Å². The van der Waals surface area contributed by atoms with Crippen molar-refractivity contribution in [3.8, 4) is 6.07 Å². The maximum absolute atomic E-state index is 11.7. The summed E-state index contributed by atoms with van der Waals surface area (Å²) in [6, 6.07) is 5.00. The van der Waals surface area contributed by atoms with Gasteiger partial charge in [0.15, 0.2) is 5.69 Å². The van der Waals surface area contributed by atoms with E-state index in [4.69, 9.17) is 5.26 Å². The average Bonchev–Trinajstić information content (AvgIpc) is 2.97. The third kappa shape index (κ3) is 4.19. The maximum atomic E-state index is 11.7. The van der Waals surface area contributed by atoms with E-state index in [9.17, 15) is 9.90 Å². The Morgan fingerprint density at radius 1 is 1.20 bits per heavy atom. The number of rotatable bonds is 7. The Kier molecular flexibility index (Phi) is 5.77. The molecule has 0 spiro atoms. The Morgan fingerprint density at radius 3 is 2.53 bits per heavy atom. The molecular formula is C21H25N7O2. The summed E-state index contributed by atoms with van der Waals surface area (Å²) in [6.07, 6.45) is 9.79. The largest absolute Gasteiger partial charge is 0.478 e. The summed E-state index contributed by atoms with van der Waals surface area (Å²) in [5, 5.41) is 24.9. The molecule has 2 aliphatic heterocycles. The molecule has 4 rings (SSSR count). The number of fused-ring (bicyclic) bond motifs is 2. The standard InChI is InChI=1S/C21H25N7O2/c1-2-5-28-15-3-4-16(28)7-13(6-15)26-18-8-19(25-11-17(18)21(29)30)27-20-12-23-14(9-22)10-24-20/h8,10-13,15-16H,2-7H2,1H3,(H,29,30)(H2,24,25,26,27). The van der Waals surface area contributed by atoms with Crippen LogP contribution in [0.25, 0.3) is 0 Å². The van der Waals surface area contributed by atoms with E-state index in [1.807, 2.05) is 6.07 Å². The van der Waals surface area contributed by atoms with Crippen LogP contribution in [-0.4, -0.2) is 55.6 Å². The molecule has 2 aliphatic rings. The normalized spacial score (nSPS) is 23.0. The number of nitriles is 1. The SMILES string of the molecule is CCCN1C2CCC1CC(Nc1cc(Nc3cnc(C#N)cn3)ncc1C(=O)O)C2. The van der Waals surface area contributed by atoms with Crippen molar-refractivity contribution >= 4 is 23.3 Å². The van der Waals surface area contributed by atoms with Crippen LogP contribution in [0.3, 0.4) is 0 Å². The van der Waals surface area contributed by atoms with Gasteiger partial charge in [0.2, 0.25) is 0 Å². The van der Waals surface area contributed by atoms with Crippen molar-refractivity contribution in [3.05, 3.63) is 35.9 Å². The number of hydrogen-bond acceptors (Lipinski definition) is 8. The van der Waals surface area contributed by atoms with Crippen molar-refractivity contribution in [1.82, 2.24) is 19.9 Å². The lowest BCUT2D eigenvalue weighted by molar-refractivity contribution is 0.0697. The minimum Gasteiger partial charge on any atom is -0.478 e. The molecule has 0 aliphatic carbocycles. The van der Waals surface area contributed by atoms with Crippen LogP contribution in [0.2, 0.25) is 0 Å². The predicted octanol–water partition coefficient (Wildman–Crippen LogP) is 3.00. The first-order valence-corrected chi connectivity index (χ1v) is 10.3. The molecule has 2 bridgehead atoms. The summed E-state index contributed by atoms with van der Waals surface area (Å²) in [4.78, 5) is 26.6. The molecule has 0 amide bonds. The third-order valence-corrected chi connectivity index (χ3v) is 5.88. The summed E-state index contributed by atoms with van der Waals surface area (Å²) >= 11 is 0. The minimum atomic E-state index is -1.01. The molecule has 0 radical (unpaired) electrons. The maximum Gasteiger partial charge on any atom is 0.339 e. The second-order valence-corrected chi connectivity index (χ2v) is 7.88. The molecule has 2 atom stereocenters. The lowest BCUT2D eigenvalue weighted by Gasteiger charge is -2.39. The predicted molar refractivity (Wildman–Crippen MR) is 112 cm³/mol. The number of aromatic carboxylic acids is 1. The molecule has 156 valence electrons. The van der Waals surface area contributed by atoms with Crippen molar-refractivity contribution < 1.29 is 9.90 Å². The van der Waals surface area contributed by atoms with Crippen LogP contribution in [0, 0.1) is 11.3 Å². The molecular weight excluding hydrogens is 382 g/mol. The van der Waals surface area contributed by atoms with Crippen LogP contribution >= 0.6 is 0 Å². The lowest BCUT2D eigenvalue weighted by Crippen LogP contribution is -2.47. The van der Waals surface area contributed by atoms with Gasteiger partial charge in [-0.05, 0) is 38.6 Å². The summed E-state index contributed by atoms with van der Waals surface area (Å²) < 4.78 is 0. The second-order valence-electron chi connectivity index (χ2n) is 7.88. The number of aromatic nitrogens is 3. The van der Waals surface area contributed by atoms with E-state index in [2.05, 4.69) is 37.4 Å². The minimum absolute atomic E-state index is 0.148. The van der Waals surface area contributed by atoms with Crippen molar-refractivity contribution in [2.24, 2.45) is 0 Å². The summed E-state index contributed by atoms with van der Waals surface area (Å²) in [6.45, 7) is 3.35. The van der Waals surface area contributed by atoms with Gasteiger partial charge in [0.05, 0.1) is 18.1 Å². The fourth-order valence-electron chi connectivity index (χ4n) is 4.63. The number of carbonyl (C=O) groups is 1. The number of carboxylic acid groups (broad SMARTS) is 1. The van der Waals surface area contributed by atoms with E-state index in [-0.39, 0.29) is 17.3 Å². The van der Waals surface area contributed by atoms with E-state index in [1.165, 1.54) is 31.4 Å². The highest BCUT2D eigenvalue weighted by atomic mass is 16.4. The van der Waals surface area contributed by atoms with Crippen LogP contribution in [-0.2, 0) is 0 Å². The van der Waals surface area contributed by atoms with E-state index < -0.39 is 5.97 Å². The zero-order chi connectivity index (χ0) is 21.1. The Bertz CT molecular complexity index is 943. The molecule has 2 saturated heterocycles. The monoisotopic (exact) mass is 407 g/mol. The molecule has 30 heavy (non-hydrogen) atoms. The molecule has 9 nitrogen and oxygen atoms in total. The molecule has 9 heteroatoms. The third-order valence-electron chi connectivity index (χ3n) is 5.88. The fraction of sp³-hybridized carbons (Fsp3) is 0.476. The van der Waals surface area contributed by atoms with Crippen LogP contribution < -0.4 is 10.6 Å². The first-order valence-electron chi connectivity index (χ1n) is 10.3. The topological polar surface area (TPSA) is 127 Å². The molecule has 3 N–H and O–H groups in total. The molecule has 2 fully saturated rings. The lowest BCUT2D eigenvalue weighted by atomic mass is 9.96. The first-order chi connectivity index (χ1) is 14.6. The number of carboxylic acids is 1. The van der Waals surface area contributed by atoms with Gasteiger partial charge in [-0.15, -0.1) is 0 Å². The van der Waals surface area contributed by atoms with Gasteiger partial charge in [0.1, 0.15) is 23.3 Å². The van der Waals surface area contributed by atoms with Gasteiger partial charge in [-0.2, -0.15) is 5.26 Å².